The summed E-state index contributed by atoms with van der Waals surface area (Å²) in [6.07, 6.45) is 0. The Balaban J connectivity index is 0.637. The van der Waals surface area contributed by atoms with Gasteiger partial charge in [-0.25, -0.2) is 29.9 Å². The number of ether oxygens (including phenoxy) is 2. The van der Waals surface area contributed by atoms with Gasteiger partial charge in [0.1, 0.15) is 23.0 Å². The van der Waals surface area contributed by atoms with Crippen LogP contribution in [-0.2, 0) is 10.8 Å². The molecule has 4 aliphatic rings. The summed E-state index contributed by atoms with van der Waals surface area (Å²) in [6, 6.07) is 128. The van der Waals surface area contributed by atoms with E-state index in [1.807, 2.05) is 24.3 Å². The van der Waals surface area contributed by atoms with Crippen LogP contribution in [0.25, 0.3) is 135 Å². The van der Waals surface area contributed by atoms with E-state index in [0.29, 0.717) is 34.9 Å². The Kier molecular flexibility index (Phi) is 13.9. The molecule has 0 saturated carbocycles. The summed E-state index contributed by atoms with van der Waals surface area (Å²) in [5.41, 5.74) is 26.3. The van der Waals surface area contributed by atoms with E-state index in [4.69, 9.17) is 39.4 Å². The van der Waals surface area contributed by atoms with Gasteiger partial charge < -0.3 is 9.47 Å². The molecule has 4 heterocycles. The fraction of sp³-hybridized carbons (Fsp3) is 0.0204. The predicted octanol–water partition coefficient (Wildman–Crippen LogP) is 23.7. The van der Waals surface area contributed by atoms with Crippen molar-refractivity contribution in [3.8, 4) is 158 Å². The molecule has 2 spiro atoms. The summed E-state index contributed by atoms with van der Waals surface area (Å²) in [5.74, 6) is 6.24. The highest BCUT2D eigenvalue weighted by atomic mass is 16.5. The van der Waals surface area contributed by atoms with Crippen molar-refractivity contribution >= 4 is 0 Å². The standard InChI is InChI=1S/C98H60N6O2/c1-3-22-61(23-4-1)63-44-52-67(53-45-63)91-99-93(103-95(101-91)77-32-20-40-85-89(77)105-87-42-17-15-38-83(87)97(85)79-34-11-7-28-73(79)74-29-8-12-35-80(74)97)69-56-48-65(49-57-69)71-26-19-27-72(60-71)66-50-58-70(59-51-66)94-100-92(68-54-46-64(47-55-68)62-24-5-2-6-25-62)102-96(104-94)78-33-21-41-86-90(78)106-88-43-18-16-39-84(88)98(86)81-36-13-9-30-75(81)76-31-10-14-37-82(76)98/h1-60H. The number of para-hydroxylation sites is 4. The minimum absolute atomic E-state index is 0.512. The Morgan fingerprint density at radius 1 is 0.160 bits per heavy atom. The van der Waals surface area contributed by atoms with Gasteiger partial charge in [0.15, 0.2) is 34.9 Å². The Morgan fingerprint density at radius 3 is 0.726 bits per heavy atom. The molecule has 2 aromatic heterocycles. The Bertz CT molecular complexity index is 5900. The van der Waals surface area contributed by atoms with Gasteiger partial charge in [0.2, 0.25) is 0 Å². The maximum absolute atomic E-state index is 7.16. The highest BCUT2D eigenvalue weighted by Crippen LogP contribution is 2.65. The molecule has 494 valence electrons. The lowest BCUT2D eigenvalue weighted by Crippen LogP contribution is -2.32. The molecule has 0 N–H and O–H groups in total. The summed E-state index contributed by atoms with van der Waals surface area (Å²) in [6.45, 7) is 0. The van der Waals surface area contributed by atoms with Crippen molar-refractivity contribution in [1.29, 1.82) is 0 Å². The van der Waals surface area contributed by atoms with Gasteiger partial charge in [0, 0.05) is 44.5 Å². The maximum atomic E-state index is 7.16. The zero-order valence-electron chi connectivity index (χ0n) is 57.1. The Labute approximate surface area is 613 Å². The molecule has 15 aromatic carbocycles. The van der Waals surface area contributed by atoms with Gasteiger partial charge in [0.05, 0.1) is 22.0 Å². The topological polar surface area (TPSA) is 95.8 Å². The quantitative estimate of drug-likeness (QED) is 0.134. The molecule has 17 aromatic rings. The predicted molar refractivity (Wildman–Crippen MR) is 422 cm³/mol. The molecule has 0 amide bonds. The number of benzene rings is 15. The van der Waals surface area contributed by atoms with Crippen LogP contribution >= 0.6 is 0 Å². The number of hydrogen-bond donors (Lipinski definition) is 0. The second-order valence-electron chi connectivity index (χ2n) is 27.5. The van der Waals surface area contributed by atoms with E-state index in [0.717, 1.165) is 123 Å². The highest BCUT2D eigenvalue weighted by Gasteiger charge is 2.53. The smallest absolute Gasteiger partial charge is 0.167 e. The molecule has 8 heteroatoms. The van der Waals surface area contributed by atoms with Crippen molar-refractivity contribution in [2.75, 3.05) is 0 Å². The van der Waals surface area contributed by atoms with Crippen LogP contribution in [0.15, 0.2) is 364 Å². The lowest BCUT2D eigenvalue weighted by atomic mass is 9.66. The number of hydrogen-bond acceptors (Lipinski definition) is 8. The van der Waals surface area contributed by atoms with E-state index >= 15 is 0 Å². The lowest BCUT2D eigenvalue weighted by Gasteiger charge is -2.39. The number of aromatic nitrogens is 6. The molecule has 21 rings (SSSR count). The fourth-order valence-electron chi connectivity index (χ4n) is 17.0. The van der Waals surface area contributed by atoms with Crippen LogP contribution in [0.1, 0.15) is 44.5 Å². The number of fused-ring (bicyclic) bond motifs is 18. The first-order valence-corrected chi connectivity index (χ1v) is 35.9. The van der Waals surface area contributed by atoms with E-state index in [1.165, 1.54) is 44.5 Å². The van der Waals surface area contributed by atoms with Gasteiger partial charge >= 0.3 is 0 Å². The first-order chi connectivity index (χ1) is 52.5. The molecule has 0 unspecified atom stereocenters. The summed E-state index contributed by atoms with van der Waals surface area (Å²) < 4.78 is 14.3. The third kappa shape index (κ3) is 9.48. The fourth-order valence-corrected chi connectivity index (χ4v) is 17.0. The summed E-state index contributed by atoms with van der Waals surface area (Å²) in [7, 11) is 0. The minimum Gasteiger partial charge on any atom is -0.456 e. The SMILES string of the molecule is c1ccc(-c2ccc(-c3nc(-c4ccc(-c5cccc(-c6ccc(-c7nc(-c8ccc(-c9ccccc9)cc8)nc(-c8cccc9c8Oc8ccccc8C98c9ccccc9-c9ccccc98)n7)cc6)c5)cc4)nc(-c4cccc5c4Oc4ccccc4C54c5ccccc5-c5ccccc54)n3)cc2)cc1. The van der Waals surface area contributed by atoms with E-state index < -0.39 is 10.8 Å². The third-order valence-electron chi connectivity index (χ3n) is 21.8. The van der Waals surface area contributed by atoms with Crippen LogP contribution in [0.5, 0.6) is 23.0 Å². The van der Waals surface area contributed by atoms with Crippen LogP contribution < -0.4 is 9.47 Å². The second kappa shape index (κ2) is 24.3. The summed E-state index contributed by atoms with van der Waals surface area (Å²) in [5, 5.41) is 0. The molecular formula is C98H60N6O2. The van der Waals surface area contributed by atoms with E-state index in [9.17, 15) is 0 Å². The molecule has 0 atom stereocenters. The minimum atomic E-state index is -0.657. The van der Waals surface area contributed by atoms with Crippen LogP contribution in [0.3, 0.4) is 0 Å². The van der Waals surface area contributed by atoms with Crippen LogP contribution in [0.2, 0.25) is 0 Å². The summed E-state index contributed by atoms with van der Waals surface area (Å²) >= 11 is 0. The van der Waals surface area contributed by atoms with Gasteiger partial charge in [-0.05, 0) is 119 Å². The van der Waals surface area contributed by atoms with Crippen molar-refractivity contribution in [2.45, 2.75) is 10.8 Å². The van der Waals surface area contributed by atoms with Gasteiger partial charge in [0.25, 0.3) is 0 Å². The van der Waals surface area contributed by atoms with Crippen LogP contribution in [0, 0.1) is 0 Å². The molecule has 8 nitrogen and oxygen atoms in total. The van der Waals surface area contributed by atoms with Crippen molar-refractivity contribution in [3.05, 3.63) is 408 Å². The molecule has 2 aliphatic carbocycles. The average Bonchev–Trinajstić information content (AvgIpc) is 1.62. The Hall–Kier alpha value is -14.1. The highest BCUT2D eigenvalue weighted by molar-refractivity contribution is 5.93. The molecule has 2 aliphatic heterocycles. The van der Waals surface area contributed by atoms with Gasteiger partial charge in [-0.2, -0.15) is 0 Å². The third-order valence-corrected chi connectivity index (χ3v) is 21.8. The zero-order valence-corrected chi connectivity index (χ0v) is 57.1. The molecule has 0 saturated heterocycles. The average molecular weight is 1350 g/mol. The van der Waals surface area contributed by atoms with Crippen molar-refractivity contribution in [3.63, 3.8) is 0 Å². The zero-order chi connectivity index (χ0) is 69.9. The van der Waals surface area contributed by atoms with E-state index in [1.54, 1.807) is 0 Å². The number of rotatable bonds is 10. The van der Waals surface area contributed by atoms with Crippen LogP contribution in [0.4, 0.5) is 0 Å². The number of nitrogens with zero attached hydrogens (tertiary/aromatic N) is 6. The second-order valence-corrected chi connectivity index (χ2v) is 27.5. The van der Waals surface area contributed by atoms with Gasteiger partial charge in [-0.15, -0.1) is 0 Å². The van der Waals surface area contributed by atoms with Crippen LogP contribution in [-0.4, -0.2) is 29.9 Å². The Morgan fingerprint density at radius 2 is 0.387 bits per heavy atom. The van der Waals surface area contributed by atoms with Crippen molar-refractivity contribution in [2.24, 2.45) is 0 Å². The summed E-state index contributed by atoms with van der Waals surface area (Å²) in [4.78, 5) is 32.1. The molecular weight excluding hydrogens is 1290 g/mol. The molecule has 0 bridgehead atoms. The largest absolute Gasteiger partial charge is 0.456 e. The maximum Gasteiger partial charge on any atom is 0.167 e. The lowest BCUT2D eigenvalue weighted by molar-refractivity contribution is 0.437. The molecule has 106 heavy (non-hydrogen) atoms. The van der Waals surface area contributed by atoms with Gasteiger partial charge in [-0.3, -0.25) is 0 Å². The molecule has 0 radical (unpaired) electrons. The monoisotopic (exact) mass is 1350 g/mol. The molecule has 0 fully saturated rings. The van der Waals surface area contributed by atoms with Gasteiger partial charge in [-0.1, -0.05) is 334 Å². The normalized spacial score (nSPS) is 13.2. The first kappa shape index (κ1) is 60.7. The van der Waals surface area contributed by atoms with Crippen molar-refractivity contribution < 1.29 is 9.47 Å². The first-order valence-electron chi connectivity index (χ1n) is 35.9. The van der Waals surface area contributed by atoms with Crippen molar-refractivity contribution in [1.82, 2.24) is 29.9 Å². The van der Waals surface area contributed by atoms with E-state index in [2.05, 4.69) is 340 Å². The van der Waals surface area contributed by atoms with E-state index in [-0.39, 0.29) is 0 Å².